The minimum Gasteiger partial charge on any atom is -0.490 e. The Balaban J connectivity index is 0.000000280. The highest BCUT2D eigenvalue weighted by Gasteiger charge is 2.15. The predicted octanol–water partition coefficient (Wildman–Crippen LogP) is 1.27. The third kappa shape index (κ3) is 3.24. The third-order valence-corrected chi connectivity index (χ3v) is 2.25. The van der Waals surface area contributed by atoms with Gasteiger partial charge in [0.05, 0.1) is 12.2 Å². The first-order chi connectivity index (χ1) is 7.83. The van der Waals surface area contributed by atoms with Crippen molar-refractivity contribution in [1.29, 1.82) is 0 Å². The molecule has 1 amide bonds. The normalized spacial score (nSPS) is 13.0. The van der Waals surface area contributed by atoms with Crippen molar-refractivity contribution < 1.29 is 9.53 Å². The van der Waals surface area contributed by atoms with Crippen LogP contribution in [0.25, 0.3) is 0 Å². The molecule has 0 saturated heterocycles. The Labute approximate surface area is 96.2 Å². The number of hydrogen-bond donors (Lipinski definition) is 1. The zero-order valence-electron chi connectivity index (χ0n) is 9.77. The van der Waals surface area contributed by atoms with Crippen molar-refractivity contribution in [3.05, 3.63) is 24.3 Å². The van der Waals surface area contributed by atoms with Gasteiger partial charge in [-0.15, -0.1) is 0 Å². The molecular weight excluding hydrogens is 204 g/mol. The Morgan fingerprint density at radius 1 is 1.50 bits per heavy atom. The molecule has 16 heavy (non-hydrogen) atoms. The summed E-state index contributed by atoms with van der Waals surface area (Å²) in [4.78, 5) is 12.2. The fourth-order valence-corrected chi connectivity index (χ4v) is 1.30. The van der Waals surface area contributed by atoms with E-state index in [1.54, 1.807) is 4.90 Å². The van der Waals surface area contributed by atoms with E-state index < -0.39 is 0 Å². The quantitative estimate of drug-likeness (QED) is 0.766. The van der Waals surface area contributed by atoms with E-state index in [1.807, 2.05) is 31.3 Å². The van der Waals surface area contributed by atoms with Gasteiger partial charge in [-0.3, -0.25) is 4.79 Å². The summed E-state index contributed by atoms with van der Waals surface area (Å²) in [7, 11) is 1.93. The minimum absolute atomic E-state index is 0.579. The van der Waals surface area contributed by atoms with Crippen molar-refractivity contribution >= 4 is 12.1 Å². The van der Waals surface area contributed by atoms with Crippen molar-refractivity contribution in [3.63, 3.8) is 0 Å². The lowest BCUT2D eigenvalue weighted by Crippen LogP contribution is -2.31. The number of carbonyl (C=O) groups is 1. The average molecular weight is 222 g/mol. The lowest BCUT2D eigenvalue weighted by molar-refractivity contribution is -0.107. The molecule has 0 atom stereocenters. The summed E-state index contributed by atoms with van der Waals surface area (Å²) in [6.07, 6.45) is 0.835. The third-order valence-electron chi connectivity index (χ3n) is 2.25. The maximum atomic E-state index is 10.6. The highest BCUT2D eigenvalue weighted by molar-refractivity contribution is 5.79. The highest BCUT2D eigenvalue weighted by Crippen LogP contribution is 2.29. The number of nitrogens with zero attached hydrogens (tertiary/aromatic N) is 1. The summed E-state index contributed by atoms with van der Waals surface area (Å²) in [5.74, 6) is 0.788. The smallest absolute Gasteiger partial charge is 0.214 e. The number of fused-ring (bicyclic) bond motifs is 1. The Bertz CT molecular complexity index is 327. The van der Waals surface area contributed by atoms with E-state index in [-0.39, 0.29) is 0 Å². The van der Waals surface area contributed by atoms with Gasteiger partial charge < -0.3 is 15.0 Å². The van der Waals surface area contributed by atoms with Crippen LogP contribution in [-0.2, 0) is 4.79 Å². The molecule has 0 unspecified atom stereocenters. The van der Waals surface area contributed by atoms with E-state index in [0.717, 1.165) is 24.4 Å². The molecule has 2 rings (SSSR count). The number of nitrogens with one attached hydrogen (secondary N) is 1. The van der Waals surface area contributed by atoms with E-state index in [2.05, 4.69) is 12.2 Å². The molecule has 4 nitrogen and oxygen atoms in total. The van der Waals surface area contributed by atoms with Gasteiger partial charge in [0, 0.05) is 0 Å². The second-order valence-electron chi connectivity index (χ2n) is 3.32. The molecule has 0 aliphatic carbocycles. The van der Waals surface area contributed by atoms with Gasteiger partial charge in [0.2, 0.25) is 6.41 Å². The van der Waals surface area contributed by atoms with Gasteiger partial charge >= 0.3 is 0 Å². The number of ether oxygens (including phenoxy) is 1. The van der Waals surface area contributed by atoms with Crippen LogP contribution < -0.4 is 15.0 Å². The van der Waals surface area contributed by atoms with Crippen molar-refractivity contribution in [3.8, 4) is 5.75 Å². The van der Waals surface area contributed by atoms with Crippen LogP contribution in [0, 0.1) is 0 Å². The van der Waals surface area contributed by atoms with Crippen LogP contribution in [0.1, 0.15) is 6.92 Å². The summed E-state index contributed by atoms with van der Waals surface area (Å²) in [5.41, 5.74) is 0.860. The molecule has 0 radical (unpaired) electrons. The largest absolute Gasteiger partial charge is 0.490 e. The number of hydrogen-bond acceptors (Lipinski definition) is 3. The van der Waals surface area contributed by atoms with E-state index in [4.69, 9.17) is 4.74 Å². The average Bonchev–Trinajstić information content (AvgIpc) is 2.38. The predicted molar refractivity (Wildman–Crippen MR) is 64.9 cm³/mol. The molecule has 1 aromatic carbocycles. The molecule has 0 aromatic heterocycles. The molecule has 0 bridgehead atoms. The van der Waals surface area contributed by atoms with Crippen LogP contribution in [-0.4, -0.2) is 33.2 Å². The highest BCUT2D eigenvalue weighted by atomic mass is 16.5. The molecule has 88 valence electrons. The molecule has 4 heteroatoms. The Hall–Kier alpha value is -1.55. The summed E-state index contributed by atoms with van der Waals surface area (Å²) >= 11 is 0. The van der Waals surface area contributed by atoms with Crippen molar-refractivity contribution in [2.45, 2.75) is 6.92 Å². The van der Waals surface area contributed by atoms with Crippen LogP contribution in [0.15, 0.2) is 24.3 Å². The number of carbonyl (C=O) groups excluding carboxylic acids is 1. The van der Waals surface area contributed by atoms with Gasteiger partial charge in [0.1, 0.15) is 12.4 Å². The zero-order valence-corrected chi connectivity index (χ0v) is 9.77. The number of amides is 1. The fourth-order valence-electron chi connectivity index (χ4n) is 1.30. The lowest BCUT2D eigenvalue weighted by Gasteiger charge is -2.25. The second-order valence-corrected chi connectivity index (χ2v) is 3.32. The van der Waals surface area contributed by atoms with E-state index in [1.165, 1.54) is 0 Å². The first-order valence-electron chi connectivity index (χ1n) is 5.41. The van der Waals surface area contributed by atoms with Crippen molar-refractivity contribution in [1.82, 2.24) is 5.32 Å². The monoisotopic (exact) mass is 222 g/mol. The van der Waals surface area contributed by atoms with Crippen molar-refractivity contribution in [2.75, 3.05) is 31.6 Å². The minimum atomic E-state index is 0.579. The molecule has 1 heterocycles. The van der Waals surface area contributed by atoms with Crippen LogP contribution in [0.4, 0.5) is 5.69 Å². The van der Waals surface area contributed by atoms with Gasteiger partial charge in [-0.25, -0.2) is 0 Å². The van der Waals surface area contributed by atoms with Gasteiger partial charge in [0.15, 0.2) is 0 Å². The summed E-state index contributed by atoms with van der Waals surface area (Å²) in [5, 5.41) is 2.93. The number of rotatable bonds is 2. The topological polar surface area (TPSA) is 41.6 Å². The zero-order chi connectivity index (χ0) is 11.8. The van der Waals surface area contributed by atoms with Crippen LogP contribution in [0.3, 0.4) is 0 Å². The molecule has 1 N–H and O–H groups in total. The summed E-state index contributed by atoms with van der Waals surface area (Å²) < 4.78 is 5.35. The van der Waals surface area contributed by atoms with E-state index >= 15 is 0 Å². The SMILES string of the molecule is CCNC.O=CN1CCOc2ccccc21. The molecule has 1 aliphatic heterocycles. The van der Waals surface area contributed by atoms with Crippen LogP contribution in [0.2, 0.25) is 0 Å². The molecule has 0 fully saturated rings. The van der Waals surface area contributed by atoms with E-state index in [0.29, 0.717) is 13.2 Å². The number of benzene rings is 1. The van der Waals surface area contributed by atoms with E-state index in [9.17, 15) is 4.79 Å². The number of para-hydroxylation sites is 2. The summed E-state index contributed by atoms with van der Waals surface area (Å²) in [6, 6.07) is 7.53. The van der Waals surface area contributed by atoms with Crippen LogP contribution >= 0.6 is 0 Å². The molecular formula is C12H18N2O2. The van der Waals surface area contributed by atoms with Gasteiger partial charge in [0.25, 0.3) is 0 Å². The van der Waals surface area contributed by atoms with Crippen molar-refractivity contribution in [2.24, 2.45) is 0 Å². The fraction of sp³-hybridized carbons (Fsp3) is 0.417. The first kappa shape index (κ1) is 12.5. The van der Waals surface area contributed by atoms with Crippen LogP contribution in [0.5, 0.6) is 5.75 Å². The maximum Gasteiger partial charge on any atom is 0.214 e. The summed E-state index contributed by atoms with van der Waals surface area (Å²) in [6.45, 7) is 4.36. The Morgan fingerprint density at radius 2 is 2.19 bits per heavy atom. The molecule has 0 spiro atoms. The Morgan fingerprint density at radius 3 is 2.81 bits per heavy atom. The maximum absolute atomic E-state index is 10.6. The van der Waals surface area contributed by atoms with Gasteiger partial charge in [-0.05, 0) is 25.7 Å². The van der Waals surface area contributed by atoms with Gasteiger partial charge in [-0.1, -0.05) is 19.1 Å². The second kappa shape index (κ2) is 6.85. The Kier molecular flexibility index (Phi) is 5.36. The first-order valence-corrected chi connectivity index (χ1v) is 5.41. The molecule has 0 saturated carbocycles. The standard InChI is InChI=1S/C9H9NO2.C3H9N/c11-7-10-5-6-12-9-4-2-1-3-8(9)10;1-3-4-2/h1-4,7H,5-6H2;4H,3H2,1-2H3. The lowest BCUT2D eigenvalue weighted by atomic mass is 10.2. The molecule has 1 aromatic rings. The number of anilines is 1. The van der Waals surface area contributed by atoms with Gasteiger partial charge in [-0.2, -0.15) is 0 Å². The molecule has 1 aliphatic rings.